The summed E-state index contributed by atoms with van der Waals surface area (Å²) in [5, 5.41) is 9.63. The molecule has 2 rings (SSSR count). The highest BCUT2D eigenvalue weighted by Crippen LogP contribution is 2.37. The summed E-state index contributed by atoms with van der Waals surface area (Å²) in [6, 6.07) is 10.7. The van der Waals surface area contributed by atoms with Crippen LogP contribution in [0.15, 0.2) is 45.8 Å². The zero-order valence-corrected chi connectivity index (χ0v) is 15.9. The second-order valence-corrected chi connectivity index (χ2v) is 6.47. The molecule has 0 unspecified atom stereocenters. The Bertz CT molecular complexity index is 787. The Hall–Kier alpha value is -1.92. The van der Waals surface area contributed by atoms with Crippen molar-refractivity contribution in [3.05, 3.63) is 52.0 Å². The van der Waals surface area contributed by atoms with Crippen LogP contribution in [0.4, 0.5) is 0 Å². The molecule has 2 aromatic rings. The Morgan fingerprint density at radius 1 is 1.17 bits per heavy atom. The quantitative estimate of drug-likeness (QED) is 0.422. The minimum atomic E-state index is -1.02. The molecule has 0 amide bonds. The summed E-state index contributed by atoms with van der Waals surface area (Å²) in [7, 11) is 3.11. The van der Waals surface area contributed by atoms with Crippen molar-refractivity contribution in [3.63, 3.8) is 0 Å². The molecule has 126 valence electrons. The van der Waals surface area contributed by atoms with Crippen molar-refractivity contribution in [1.82, 2.24) is 0 Å². The van der Waals surface area contributed by atoms with E-state index in [1.165, 1.54) is 7.11 Å². The van der Waals surface area contributed by atoms with Crippen molar-refractivity contribution in [2.24, 2.45) is 0 Å². The van der Waals surface area contributed by atoms with Gasteiger partial charge in [-0.15, -0.1) is 11.8 Å². The molecule has 2 aromatic carbocycles. The van der Waals surface area contributed by atoms with Gasteiger partial charge in [0.2, 0.25) is 0 Å². The van der Waals surface area contributed by atoms with Gasteiger partial charge in [0.15, 0.2) is 0 Å². The van der Waals surface area contributed by atoms with E-state index in [4.69, 9.17) is 9.47 Å². The molecule has 0 aliphatic heterocycles. The summed E-state index contributed by atoms with van der Waals surface area (Å²) < 4.78 is 11.5. The standard InChI is InChI=1S/C18H17BrO4S/c1-22-15-7-5-4-6-12(15)13(18(20)21)8-11-9-14(19)17(24-3)16(10-11)23-2/h4-10H,1-3H3,(H,20,21)/b13-8+. The Labute approximate surface area is 153 Å². The molecular formula is C18H17BrO4S. The van der Waals surface area contributed by atoms with Crippen LogP contribution in [0.5, 0.6) is 11.5 Å². The molecule has 24 heavy (non-hydrogen) atoms. The fourth-order valence-electron chi connectivity index (χ4n) is 2.31. The Balaban J connectivity index is 2.61. The first-order valence-electron chi connectivity index (χ1n) is 7.01. The molecular weight excluding hydrogens is 392 g/mol. The van der Waals surface area contributed by atoms with Crippen LogP contribution >= 0.6 is 27.7 Å². The lowest BCUT2D eigenvalue weighted by Gasteiger charge is -2.12. The first kappa shape index (κ1) is 18.4. The molecule has 0 heterocycles. The number of carboxylic acid groups (broad SMARTS) is 1. The SMILES string of the molecule is COc1ccccc1/C(=C\c1cc(Br)c(SC)c(OC)c1)C(=O)O. The topological polar surface area (TPSA) is 55.8 Å². The van der Waals surface area contributed by atoms with E-state index in [1.54, 1.807) is 49.2 Å². The third-order valence-corrected chi connectivity index (χ3v) is 5.11. The van der Waals surface area contributed by atoms with Crippen LogP contribution in [0.3, 0.4) is 0 Å². The number of carbonyl (C=O) groups is 1. The van der Waals surface area contributed by atoms with Crippen molar-refractivity contribution in [2.75, 3.05) is 20.5 Å². The number of carboxylic acids is 1. The Morgan fingerprint density at radius 3 is 2.42 bits per heavy atom. The minimum Gasteiger partial charge on any atom is -0.496 e. The molecule has 0 radical (unpaired) electrons. The van der Waals surface area contributed by atoms with E-state index in [-0.39, 0.29) is 5.57 Å². The number of rotatable bonds is 6. The maximum Gasteiger partial charge on any atom is 0.336 e. The Kier molecular flexibility index (Phi) is 6.34. The van der Waals surface area contributed by atoms with Gasteiger partial charge in [0, 0.05) is 10.0 Å². The number of methoxy groups -OCH3 is 2. The third-order valence-electron chi connectivity index (χ3n) is 3.39. The van der Waals surface area contributed by atoms with E-state index >= 15 is 0 Å². The number of thioether (sulfide) groups is 1. The van der Waals surface area contributed by atoms with Crippen LogP contribution in [-0.2, 0) is 4.79 Å². The minimum absolute atomic E-state index is 0.151. The van der Waals surface area contributed by atoms with Crippen molar-refractivity contribution in [2.45, 2.75) is 4.90 Å². The highest BCUT2D eigenvalue weighted by Gasteiger charge is 2.16. The van der Waals surface area contributed by atoms with Gasteiger partial charge in [-0.2, -0.15) is 0 Å². The van der Waals surface area contributed by atoms with Gasteiger partial charge < -0.3 is 14.6 Å². The van der Waals surface area contributed by atoms with Gasteiger partial charge in [-0.25, -0.2) is 4.79 Å². The lowest BCUT2D eigenvalue weighted by Crippen LogP contribution is -2.02. The van der Waals surface area contributed by atoms with Crippen molar-refractivity contribution >= 4 is 45.3 Å². The van der Waals surface area contributed by atoms with Crippen molar-refractivity contribution < 1.29 is 19.4 Å². The molecule has 0 aliphatic carbocycles. The number of benzene rings is 2. The summed E-state index contributed by atoms with van der Waals surface area (Å²) in [6.07, 6.45) is 3.56. The zero-order chi connectivity index (χ0) is 17.7. The number of para-hydroxylation sites is 1. The fraction of sp³-hybridized carbons (Fsp3) is 0.167. The number of aliphatic carboxylic acids is 1. The number of hydrogen-bond donors (Lipinski definition) is 1. The van der Waals surface area contributed by atoms with Crippen LogP contribution in [0.1, 0.15) is 11.1 Å². The van der Waals surface area contributed by atoms with Crippen LogP contribution in [0.2, 0.25) is 0 Å². The third kappa shape index (κ3) is 3.94. The Morgan fingerprint density at radius 2 is 1.83 bits per heavy atom. The van der Waals surface area contributed by atoms with E-state index in [2.05, 4.69) is 15.9 Å². The second-order valence-electron chi connectivity index (χ2n) is 4.80. The van der Waals surface area contributed by atoms with E-state index in [0.29, 0.717) is 17.1 Å². The molecule has 0 saturated heterocycles. The summed E-state index contributed by atoms with van der Waals surface area (Å²) in [6.45, 7) is 0. The van der Waals surface area contributed by atoms with E-state index in [1.807, 2.05) is 18.4 Å². The maximum absolute atomic E-state index is 11.8. The van der Waals surface area contributed by atoms with Crippen LogP contribution < -0.4 is 9.47 Å². The summed E-state index contributed by atoms with van der Waals surface area (Å²) >= 11 is 5.06. The molecule has 4 nitrogen and oxygen atoms in total. The van der Waals surface area contributed by atoms with Crippen LogP contribution in [-0.4, -0.2) is 31.6 Å². The van der Waals surface area contributed by atoms with Gasteiger partial charge in [0.05, 0.1) is 24.7 Å². The number of halogens is 1. The van der Waals surface area contributed by atoms with Gasteiger partial charge in [-0.1, -0.05) is 18.2 Å². The summed E-state index contributed by atoms with van der Waals surface area (Å²) in [5.74, 6) is 0.175. The maximum atomic E-state index is 11.8. The molecule has 0 fully saturated rings. The van der Waals surface area contributed by atoms with Crippen LogP contribution in [0, 0.1) is 0 Å². The summed E-state index contributed by atoms with van der Waals surface area (Å²) in [5.41, 5.74) is 1.40. The average Bonchev–Trinajstić information content (AvgIpc) is 2.58. The van der Waals surface area contributed by atoms with Gasteiger partial charge >= 0.3 is 5.97 Å². The smallest absolute Gasteiger partial charge is 0.336 e. The van der Waals surface area contributed by atoms with Crippen molar-refractivity contribution in [3.8, 4) is 11.5 Å². The first-order valence-corrected chi connectivity index (χ1v) is 9.03. The average molecular weight is 409 g/mol. The first-order chi connectivity index (χ1) is 11.5. The molecule has 0 bridgehead atoms. The molecule has 0 spiro atoms. The largest absolute Gasteiger partial charge is 0.496 e. The molecule has 0 aliphatic rings. The predicted octanol–water partition coefficient (Wildman–Crippen LogP) is 4.81. The second kappa shape index (κ2) is 8.26. The van der Waals surface area contributed by atoms with Gasteiger partial charge in [0.25, 0.3) is 0 Å². The van der Waals surface area contributed by atoms with Gasteiger partial charge in [-0.3, -0.25) is 0 Å². The van der Waals surface area contributed by atoms with Crippen LogP contribution in [0.25, 0.3) is 11.6 Å². The van der Waals surface area contributed by atoms with E-state index < -0.39 is 5.97 Å². The lowest BCUT2D eigenvalue weighted by molar-refractivity contribution is -0.130. The van der Waals surface area contributed by atoms with Crippen molar-refractivity contribution in [1.29, 1.82) is 0 Å². The monoisotopic (exact) mass is 408 g/mol. The molecule has 6 heteroatoms. The molecule has 1 N–H and O–H groups in total. The predicted molar refractivity (Wildman–Crippen MR) is 101 cm³/mol. The highest BCUT2D eigenvalue weighted by molar-refractivity contribution is 9.10. The number of ether oxygens (including phenoxy) is 2. The summed E-state index contributed by atoms with van der Waals surface area (Å²) in [4.78, 5) is 12.7. The molecule has 0 saturated carbocycles. The van der Waals surface area contributed by atoms with Gasteiger partial charge in [0.1, 0.15) is 11.5 Å². The molecule has 0 aromatic heterocycles. The molecule has 0 atom stereocenters. The number of hydrogen-bond acceptors (Lipinski definition) is 4. The van der Waals surface area contributed by atoms with E-state index in [9.17, 15) is 9.90 Å². The zero-order valence-electron chi connectivity index (χ0n) is 13.5. The fourth-order valence-corrected chi connectivity index (χ4v) is 3.85. The van der Waals surface area contributed by atoms with Gasteiger partial charge in [-0.05, 0) is 52.0 Å². The lowest BCUT2D eigenvalue weighted by atomic mass is 10.0. The highest BCUT2D eigenvalue weighted by atomic mass is 79.9. The van der Waals surface area contributed by atoms with E-state index in [0.717, 1.165) is 14.9 Å². The normalized spacial score (nSPS) is 11.2.